The van der Waals surface area contributed by atoms with Crippen LogP contribution in [0.15, 0.2) is 43.0 Å². The number of hydrogen-bond acceptors (Lipinski definition) is 9. The van der Waals surface area contributed by atoms with Crippen molar-refractivity contribution in [3.8, 4) is 28.7 Å². The average Bonchev–Trinajstić information content (AvgIpc) is 3.60. The van der Waals surface area contributed by atoms with Gasteiger partial charge in [-0.3, -0.25) is 4.79 Å². The van der Waals surface area contributed by atoms with E-state index >= 15 is 0 Å². The number of hydrogen-bond donors (Lipinski definition) is 2. The number of aromatic nitrogens is 6. The number of anilines is 1. The van der Waals surface area contributed by atoms with Crippen LogP contribution in [-0.4, -0.2) is 71.1 Å². The molecule has 1 aliphatic heterocycles. The maximum atomic E-state index is 13.7. The van der Waals surface area contributed by atoms with Gasteiger partial charge in [-0.1, -0.05) is 24.3 Å². The summed E-state index contributed by atoms with van der Waals surface area (Å²) in [5.41, 5.74) is 1.62. The standard InChI is InChI=1S/C30H29F3N8O4/c1-40-14-21(30(31,32)33)38-26(40)18-7-5-16(6-8-18)12-34-24-19(28(42)41-11-3-4-20(41)29(43)44)13-35-25(39-24)22-23(17-9-10-17)36-15-37-27(22)45-2/h5-8,13-15,17,20H,3-4,9-12H2,1-2H3,(H,43,44)(H,34,35,39)/t20-/m0/s1. The van der Waals surface area contributed by atoms with Crippen molar-refractivity contribution in [1.82, 2.24) is 34.4 Å². The number of likely N-dealkylation sites (tertiary alicyclic amines) is 1. The van der Waals surface area contributed by atoms with E-state index in [-0.39, 0.29) is 42.0 Å². The third kappa shape index (κ3) is 6.01. The van der Waals surface area contributed by atoms with Gasteiger partial charge in [0.1, 0.15) is 35.1 Å². The van der Waals surface area contributed by atoms with Gasteiger partial charge in [0.05, 0.1) is 12.8 Å². The molecule has 1 saturated heterocycles. The second-order valence-corrected chi connectivity index (χ2v) is 11.0. The van der Waals surface area contributed by atoms with Crippen LogP contribution in [0, 0.1) is 0 Å². The summed E-state index contributed by atoms with van der Waals surface area (Å²) < 4.78 is 46.3. The Morgan fingerprint density at radius 3 is 2.49 bits per heavy atom. The van der Waals surface area contributed by atoms with Crippen molar-refractivity contribution in [2.24, 2.45) is 7.05 Å². The van der Waals surface area contributed by atoms with Gasteiger partial charge in [0.2, 0.25) is 5.88 Å². The Labute approximate surface area is 255 Å². The molecule has 2 aliphatic rings. The van der Waals surface area contributed by atoms with Gasteiger partial charge in [-0.05, 0) is 31.2 Å². The molecule has 1 saturated carbocycles. The van der Waals surface area contributed by atoms with Gasteiger partial charge < -0.3 is 24.6 Å². The number of aliphatic carboxylic acids is 1. The predicted molar refractivity (Wildman–Crippen MR) is 154 cm³/mol. The fourth-order valence-corrected chi connectivity index (χ4v) is 5.46. The number of imidazole rings is 1. The summed E-state index contributed by atoms with van der Waals surface area (Å²) in [5.74, 6) is -0.503. The summed E-state index contributed by atoms with van der Waals surface area (Å²) in [4.78, 5) is 48.4. The quantitative estimate of drug-likeness (QED) is 0.273. The zero-order chi connectivity index (χ0) is 31.9. The Morgan fingerprint density at radius 1 is 1.09 bits per heavy atom. The smallest absolute Gasteiger partial charge is 0.434 e. The van der Waals surface area contributed by atoms with Crippen molar-refractivity contribution in [3.63, 3.8) is 0 Å². The van der Waals surface area contributed by atoms with E-state index in [2.05, 4.69) is 25.3 Å². The number of halogens is 3. The molecule has 0 spiro atoms. The van der Waals surface area contributed by atoms with Crippen molar-refractivity contribution in [1.29, 1.82) is 0 Å². The lowest BCUT2D eigenvalue weighted by atomic mass is 10.1. The summed E-state index contributed by atoms with van der Waals surface area (Å²) >= 11 is 0. The van der Waals surface area contributed by atoms with E-state index in [4.69, 9.17) is 9.72 Å². The van der Waals surface area contributed by atoms with Crippen molar-refractivity contribution < 1.29 is 32.6 Å². The number of carbonyl (C=O) groups excluding carboxylic acids is 1. The van der Waals surface area contributed by atoms with E-state index in [1.165, 1.54) is 36.1 Å². The highest BCUT2D eigenvalue weighted by atomic mass is 19.4. The van der Waals surface area contributed by atoms with Crippen molar-refractivity contribution in [2.75, 3.05) is 19.0 Å². The molecule has 3 aromatic heterocycles. The molecule has 0 unspecified atom stereocenters. The lowest BCUT2D eigenvalue weighted by Gasteiger charge is -2.23. The van der Waals surface area contributed by atoms with Crippen LogP contribution in [0.5, 0.6) is 5.88 Å². The number of benzene rings is 1. The lowest BCUT2D eigenvalue weighted by Crippen LogP contribution is -2.40. The summed E-state index contributed by atoms with van der Waals surface area (Å²) in [5, 5.41) is 12.9. The predicted octanol–water partition coefficient (Wildman–Crippen LogP) is 4.54. The molecule has 4 aromatic rings. The molecule has 1 aromatic carbocycles. The zero-order valence-corrected chi connectivity index (χ0v) is 24.4. The van der Waals surface area contributed by atoms with E-state index in [0.717, 1.165) is 30.3 Å². The molecule has 234 valence electrons. The number of methoxy groups -OCH3 is 1. The van der Waals surface area contributed by atoms with Crippen LogP contribution in [0.25, 0.3) is 22.8 Å². The minimum absolute atomic E-state index is 0.0972. The van der Waals surface area contributed by atoms with Gasteiger partial charge in [0, 0.05) is 44.0 Å². The van der Waals surface area contributed by atoms with E-state index in [1.807, 2.05) is 0 Å². The Bertz CT molecular complexity index is 1760. The minimum Gasteiger partial charge on any atom is -0.480 e. The number of carboxylic acid groups (broad SMARTS) is 1. The number of rotatable bonds is 9. The average molecular weight is 623 g/mol. The van der Waals surface area contributed by atoms with Gasteiger partial charge in [0.25, 0.3) is 5.91 Å². The van der Waals surface area contributed by atoms with Crippen LogP contribution in [0.3, 0.4) is 0 Å². The molecular weight excluding hydrogens is 593 g/mol. The number of carboxylic acids is 1. The summed E-state index contributed by atoms with van der Waals surface area (Å²) in [6.45, 7) is 0.472. The highest BCUT2D eigenvalue weighted by Gasteiger charge is 2.37. The van der Waals surface area contributed by atoms with Gasteiger partial charge in [-0.15, -0.1) is 0 Å². The first-order valence-electron chi connectivity index (χ1n) is 14.3. The number of aryl methyl sites for hydroxylation is 1. The van der Waals surface area contributed by atoms with Crippen LogP contribution in [0.4, 0.5) is 19.0 Å². The number of ether oxygens (including phenoxy) is 1. The van der Waals surface area contributed by atoms with Crippen molar-refractivity contribution in [3.05, 3.63) is 65.5 Å². The highest BCUT2D eigenvalue weighted by Crippen LogP contribution is 2.45. The fraction of sp³-hybridized carbons (Fsp3) is 0.367. The first-order chi connectivity index (χ1) is 21.5. The Hall–Kier alpha value is -5.08. The van der Waals surface area contributed by atoms with Gasteiger partial charge in [0.15, 0.2) is 11.5 Å². The summed E-state index contributed by atoms with van der Waals surface area (Å²) in [7, 11) is 2.98. The Balaban J connectivity index is 1.32. The minimum atomic E-state index is -4.56. The van der Waals surface area contributed by atoms with Crippen LogP contribution in [0.1, 0.15) is 58.9 Å². The number of alkyl halides is 3. The molecule has 15 heteroatoms. The van der Waals surface area contributed by atoms with E-state index in [0.29, 0.717) is 29.8 Å². The normalized spacial score (nSPS) is 16.6. The second-order valence-electron chi connectivity index (χ2n) is 11.0. The van der Waals surface area contributed by atoms with Crippen molar-refractivity contribution in [2.45, 2.75) is 50.4 Å². The number of carbonyl (C=O) groups is 2. The van der Waals surface area contributed by atoms with Crippen molar-refractivity contribution >= 4 is 17.7 Å². The van der Waals surface area contributed by atoms with Gasteiger partial charge >= 0.3 is 12.1 Å². The molecule has 12 nitrogen and oxygen atoms in total. The molecule has 0 bridgehead atoms. The number of amides is 1. The zero-order valence-electron chi connectivity index (χ0n) is 24.4. The maximum Gasteiger partial charge on any atom is 0.434 e. The first-order valence-corrected chi connectivity index (χ1v) is 14.3. The lowest BCUT2D eigenvalue weighted by molar-refractivity contribution is -0.142. The molecular formula is C30H29F3N8O4. The monoisotopic (exact) mass is 622 g/mol. The molecule has 4 heterocycles. The maximum absolute atomic E-state index is 13.7. The van der Waals surface area contributed by atoms with Crippen LogP contribution in [0.2, 0.25) is 0 Å². The van der Waals surface area contributed by atoms with E-state index in [1.54, 1.807) is 24.3 Å². The fourth-order valence-electron chi connectivity index (χ4n) is 5.46. The largest absolute Gasteiger partial charge is 0.480 e. The molecule has 0 radical (unpaired) electrons. The molecule has 2 fully saturated rings. The second kappa shape index (κ2) is 11.8. The molecule has 2 N–H and O–H groups in total. The topological polar surface area (TPSA) is 148 Å². The third-order valence-corrected chi connectivity index (χ3v) is 7.88. The molecule has 1 amide bonds. The molecule has 45 heavy (non-hydrogen) atoms. The van der Waals surface area contributed by atoms with Crippen LogP contribution >= 0.6 is 0 Å². The van der Waals surface area contributed by atoms with Crippen LogP contribution in [-0.2, 0) is 24.6 Å². The summed E-state index contributed by atoms with van der Waals surface area (Å²) in [6.07, 6.45) is 1.98. The highest BCUT2D eigenvalue weighted by molar-refractivity contribution is 6.00. The van der Waals surface area contributed by atoms with Crippen LogP contribution < -0.4 is 10.1 Å². The number of nitrogens with zero attached hydrogens (tertiary/aromatic N) is 7. The SMILES string of the molecule is COc1ncnc(C2CC2)c1-c1ncc(C(=O)N2CCC[C@H]2C(=O)O)c(NCc2ccc(-c3nc(C(F)(F)F)cn3C)cc2)n1. The number of nitrogens with one attached hydrogen (secondary N) is 1. The Morgan fingerprint density at radius 2 is 1.84 bits per heavy atom. The van der Waals surface area contributed by atoms with Gasteiger partial charge in [-0.25, -0.2) is 29.7 Å². The molecule has 6 rings (SSSR count). The van der Waals surface area contributed by atoms with E-state index in [9.17, 15) is 27.9 Å². The molecule has 1 atom stereocenters. The van der Waals surface area contributed by atoms with Gasteiger partial charge in [-0.2, -0.15) is 13.2 Å². The summed E-state index contributed by atoms with van der Waals surface area (Å²) in [6, 6.07) is 5.83. The third-order valence-electron chi connectivity index (χ3n) is 7.88. The van der Waals surface area contributed by atoms with E-state index < -0.39 is 29.8 Å². The first kappa shape index (κ1) is 30.0. The Kier molecular flexibility index (Phi) is 7.85. The molecule has 1 aliphatic carbocycles.